The van der Waals surface area contributed by atoms with Crippen LogP contribution in [0.3, 0.4) is 0 Å². The highest BCUT2D eigenvalue weighted by atomic mass is 35.5. The molecule has 37 heavy (non-hydrogen) atoms. The Hall–Kier alpha value is -3.81. The zero-order valence-corrected chi connectivity index (χ0v) is 21.3. The van der Waals surface area contributed by atoms with E-state index >= 15 is 0 Å². The van der Waals surface area contributed by atoms with Gasteiger partial charge in [0.1, 0.15) is 12.4 Å². The number of hydrogen-bond acceptors (Lipinski definition) is 5. The second-order valence-corrected chi connectivity index (χ2v) is 9.67. The van der Waals surface area contributed by atoms with E-state index in [1.165, 1.54) is 24.1 Å². The number of fused-ring (bicyclic) bond motifs is 1. The lowest BCUT2D eigenvalue weighted by Crippen LogP contribution is -2.27. The number of thioether (sulfide) groups is 1. The molecular weight excluding hydrogens is 513 g/mol. The molecule has 1 fully saturated rings. The van der Waals surface area contributed by atoms with Crippen LogP contribution >= 0.6 is 23.4 Å². The molecule has 0 spiro atoms. The molecule has 5 nitrogen and oxygen atoms in total. The van der Waals surface area contributed by atoms with Crippen molar-refractivity contribution in [1.29, 1.82) is 0 Å². The van der Waals surface area contributed by atoms with Gasteiger partial charge in [-0.2, -0.15) is 0 Å². The lowest BCUT2D eigenvalue weighted by atomic mass is 10.0. The predicted molar refractivity (Wildman–Crippen MR) is 144 cm³/mol. The van der Waals surface area contributed by atoms with Crippen molar-refractivity contribution in [2.75, 3.05) is 7.11 Å². The third-order valence-corrected chi connectivity index (χ3v) is 7.28. The topological polar surface area (TPSA) is 55.8 Å². The number of hydrogen-bond donors (Lipinski definition) is 0. The van der Waals surface area contributed by atoms with Crippen LogP contribution in [0.2, 0.25) is 5.02 Å². The van der Waals surface area contributed by atoms with Gasteiger partial charge in [0, 0.05) is 11.1 Å². The van der Waals surface area contributed by atoms with E-state index in [1.807, 2.05) is 42.5 Å². The maximum Gasteiger partial charge on any atom is 0.293 e. The molecule has 0 aliphatic carbocycles. The monoisotopic (exact) mass is 533 g/mol. The molecule has 1 aliphatic rings. The van der Waals surface area contributed by atoms with Gasteiger partial charge in [0.2, 0.25) is 0 Å². The zero-order chi connectivity index (χ0) is 25.9. The first-order valence-electron chi connectivity index (χ1n) is 11.4. The minimum atomic E-state index is -0.487. The van der Waals surface area contributed by atoms with E-state index in [1.54, 1.807) is 30.3 Å². The van der Waals surface area contributed by atoms with Crippen molar-refractivity contribution in [3.8, 4) is 11.5 Å². The fourth-order valence-electron chi connectivity index (χ4n) is 4.15. The Kier molecular flexibility index (Phi) is 7.17. The van der Waals surface area contributed by atoms with Crippen molar-refractivity contribution in [3.63, 3.8) is 0 Å². The highest BCUT2D eigenvalue weighted by molar-refractivity contribution is 8.18. The summed E-state index contributed by atoms with van der Waals surface area (Å²) in [4.78, 5) is 27.6. The maximum atomic E-state index is 14.3. The first kappa shape index (κ1) is 24.9. The number of ether oxygens (including phenoxy) is 2. The van der Waals surface area contributed by atoms with Gasteiger partial charge < -0.3 is 9.47 Å². The van der Waals surface area contributed by atoms with Crippen LogP contribution in [-0.2, 0) is 17.9 Å². The minimum absolute atomic E-state index is 0.144. The fraction of sp³-hybridized carbons (Fsp3) is 0.103. The van der Waals surface area contributed by atoms with Gasteiger partial charge in [0.25, 0.3) is 11.1 Å². The van der Waals surface area contributed by atoms with E-state index in [0.717, 1.165) is 28.1 Å². The quantitative estimate of drug-likeness (QED) is 0.231. The number of para-hydroxylation sites is 1. The molecule has 2 amide bonds. The molecular formula is C29H21ClFNO4S. The van der Waals surface area contributed by atoms with Crippen LogP contribution in [0, 0.1) is 5.82 Å². The summed E-state index contributed by atoms with van der Waals surface area (Å²) >= 11 is 7.01. The Balaban J connectivity index is 1.43. The number of carbonyl (C=O) groups excluding carboxylic acids is 2. The number of benzene rings is 4. The molecule has 0 radical (unpaired) electrons. The third-order valence-electron chi connectivity index (χ3n) is 6.02. The van der Waals surface area contributed by atoms with Crippen LogP contribution in [0.1, 0.15) is 16.7 Å². The van der Waals surface area contributed by atoms with Crippen molar-refractivity contribution >= 4 is 51.4 Å². The lowest BCUT2D eigenvalue weighted by molar-refractivity contribution is -0.123. The Morgan fingerprint density at radius 1 is 0.973 bits per heavy atom. The lowest BCUT2D eigenvalue weighted by Gasteiger charge is -2.15. The van der Waals surface area contributed by atoms with Gasteiger partial charge in [-0.15, -0.1) is 0 Å². The molecule has 8 heteroatoms. The molecule has 0 aromatic heterocycles. The van der Waals surface area contributed by atoms with Crippen molar-refractivity contribution in [2.24, 2.45) is 0 Å². The summed E-state index contributed by atoms with van der Waals surface area (Å²) in [5, 5.41) is 1.91. The Morgan fingerprint density at radius 2 is 1.73 bits per heavy atom. The highest BCUT2D eigenvalue weighted by Crippen LogP contribution is 2.39. The standard InChI is InChI=1S/C29H21ClFNO4S/c1-35-25-14-5-9-19(27(25)36-17-22-23(30)12-6-13-24(22)31)15-26-28(33)32(29(34)37-26)16-20-10-4-8-18-7-2-3-11-21(18)20/h2-15H,16-17H2,1H3/b26-15-. The molecule has 0 atom stereocenters. The van der Waals surface area contributed by atoms with E-state index in [0.29, 0.717) is 17.1 Å². The molecule has 0 unspecified atom stereocenters. The number of rotatable bonds is 7. The molecule has 4 aromatic carbocycles. The summed E-state index contributed by atoms with van der Waals surface area (Å²) in [6.45, 7) is 0.0197. The summed E-state index contributed by atoms with van der Waals surface area (Å²) in [6.07, 6.45) is 1.59. The SMILES string of the molecule is COc1cccc(/C=C2\SC(=O)N(Cc3cccc4ccccc34)C2=O)c1OCc1c(F)cccc1Cl. The van der Waals surface area contributed by atoms with Gasteiger partial charge in [-0.3, -0.25) is 14.5 Å². The smallest absolute Gasteiger partial charge is 0.293 e. The largest absolute Gasteiger partial charge is 0.493 e. The molecule has 0 saturated carbocycles. The van der Waals surface area contributed by atoms with E-state index < -0.39 is 11.7 Å². The first-order valence-corrected chi connectivity index (χ1v) is 12.6. The van der Waals surface area contributed by atoms with Crippen LogP contribution in [0.5, 0.6) is 11.5 Å². The molecule has 0 bridgehead atoms. The van der Waals surface area contributed by atoms with Gasteiger partial charge in [-0.25, -0.2) is 4.39 Å². The molecule has 1 aliphatic heterocycles. The summed E-state index contributed by atoms with van der Waals surface area (Å²) in [7, 11) is 1.49. The second kappa shape index (κ2) is 10.7. The number of carbonyl (C=O) groups is 2. The number of imide groups is 1. The van der Waals surface area contributed by atoms with Crippen LogP contribution < -0.4 is 9.47 Å². The zero-order valence-electron chi connectivity index (χ0n) is 19.7. The van der Waals surface area contributed by atoms with Gasteiger partial charge >= 0.3 is 0 Å². The van der Waals surface area contributed by atoms with E-state index in [4.69, 9.17) is 21.1 Å². The minimum Gasteiger partial charge on any atom is -0.493 e. The van der Waals surface area contributed by atoms with E-state index in [2.05, 4.69) is 0 Å². The molecule has 4 aromatic rings. The Labute approximate surface area is 222 Å². The van der Waals surface area contributed by atoms with Crippen molar-refractivity contribution in [1.82, 2.24) is 4.90 Å². The third kappa shape index (κ3) is 5.05. The van der Waals surface area contributed by atoms with Crippen LogP contribution in [-0.4, -0.2) is 23.2 Å². The molecule has 186 valence electrons. The van der Waals surface area contributed by atoms with Crippen molar-refractivity contribution < 1.29 is 23.5 Å². The molecule has 1 saturated heterocycles. The van der Waals surface area contributed by atoms with Gasteiger partial charge in [0.05, 0.1) is 23.6 Å². The summed E-state index contributed by atoms with van der Waals surface area (Å²) in [5.74, 6) is -0.172. The van der Waals surface area contributed by atoms with Crippen molar-refractivity contribution in [3.05, 3.63) is 111 Å². The number of nitrogens with zero attached hydrogens (tertiary/aromatic N) is 1. The normalized spacial score (nSPS) is 14.6. The highest BCUT2D eigenvalue weighted by Gasteiger charge is 2.35. The number of amides is 2. The average molecular weight is 534 g/mol. The second-order valence-electron chi connectivity index (χ2n) is 8.27. The molecule has 5 rings (SSSR count). The van der Waals surface area contributed by atoms with Crippen LogP contribution in [0.15, 0.2) is 83.8 Å². The number of halogens is 2. The van der Waals surface area contributed by atoms with Gasteiger partial charge in [0.15, 0.2) is 11.5 Å². The number of methoxy groups -OCH3 is 1. The van der Waals surface area contributed by atoms with Crippen LogP contribution in [0.25, 0.3) is 16.8 Å². The molecule has 1 heterocycles. The van der Waals surface area contributed by atoms with E-state index in [-0.39, 0.29) is 33.9 Å². The summed E-state index contributed by atoms with van der Waals surface area (Å²) in [6, 6.07) is 23.2. The Bertz CT molecular complexity index is 1530. The average Bonchev–Trinajstić information content (AvgIpc) is 3.16. The van der Waals surface area contributed by atoms with Gasteiger partial charge in [-0.05, 0) is 52.4 Å². The van der Waals surface area contributed by atoms with Crippen LogP contribution in [0.4, 0.5) is 9.18 Å². The fourth-order valence-corrected chi connectivity index (χ4v) is 5.20. The van der Waals surface area contributed by atoms with Crippen molar-refractivity contribution in [2.45, 2.75) is 13.2 Å². The molecule has 0 N–H and O–H groups in total. The predicted octanol–water partition coefficient (Wildman–Crippen LogP) is 7.46. The summed E-state index contributed by atoms with van der Waals surface area (Å²) in [5.41, 5.74) is 1.60. The maximum absolute atomic E-state index is 14.3. The summed E-state index contributed by atoms with van der Waals surface area (Å²) < 4.78 is 25.7. The van der Waals surface area contributed by atoms with E-state index in [9.17, 15) is 14.0 Å². The van der Waals surface area contributed by atoms with Gasteiger partial charge in [-0.1, -0.05) is 72.3 Å². The first-order chi connectivity index (χ1) is 18.0. The Morgan fingerprint density at radius 3 is 2.54 bits per heavy atom.